The normalized spacial score (nSPS) is 12.9. The first-order valence-electron chi connectivity index (χ1n) is 7.48. The van der Waals surface area contributed by atoms with Crippen molar-refractivity contribution >= 4 is 0 Å². The molecule has 1 rings (SSSR count). The Hall–Kier alpha value is -0.860. The Labute approximate surface area is 118 Å². The summed E-state index contributed by atoms with van der Waals surface area (Å²) in [4.78, 5) is 0. The van der Waals surface area contributed by atoms with Gasteiger partial charge in [0.15, 0.2) is 0 Å². The maximum absolute atomic E-state index is 5.12. The highest BCUT2D eigenvalue weighted by Gasteiger charge is 2.12. The molecule has 1 atom stereocenters. The molecule has 0 saturated heterocycles. The number of methoxy groups -OCH3 is 1. The molecule has 0 saturated carbocycles. The lowest BCUT2D eigenvalue weighted by molar-refractivity contribution is 0.202. The number of hydrogen-bond acceptors (Lipinski definition) is 2. The maximum atomic E-state index is 5.12. The van der Waals surface area contributed by atoms with Crippen LogP contribution in [0.5, 0.6) is 0 Å². The van der Waals surface area contributed by atoms with Crippen LogP contribution in [0.15, 0.2) is 24.3 Å². The molecule has 19 heavy (non-hydrogen) atoms. The van der Waals surface area contributed by atoms with Gasteiger partial charge in [-0.25, -0.2) is 0 Å². The van der Waals surface area contributed by atoms with Gasteiger partial charge in [0, 0.05) is 13.2 Å². The number of rotatable bonds is 9. The number of ether oxygens (including phenoxy) is 1. The molecule has 0 heterocycles. The van der Waals surface area contributed by atoms with Crippen molar-refractivity contribution in [3.8, 4) is 0 Å². The molecule has 0 amide bonds. The second-order valence-electron chi connectivity index (χ2n) is 5.62. The van der Waals surface area contributed by atoms with E-state index in [1.807, 2.05) is 0 Å². The van der Waals surface area contributed by atoms with Gasteiger partial charge in [-0.1, -0.05) is 45.0 Å². The summed E-state index contributed by atoms with van der Waals surface area (Å²) in [5.74, 6) is 0.711. The van der Waals surface area contributed by atoms with Gasteiger partial charge in [-0.3, -0.25) is 0 Å². The van der Waals surface area contributed by atoms with Crippen LogP contribution < -0.4 is 5.32 Å². The van der Waals surface area contributed by atoms with Gasteiger partial charge in [0.2, 0.25) is 0 Å². The molecule has 0 bridgehead atoms. The van der Waals surface area contributed by atoms with Crippen molar-refractivity contribution in [3.05, 3.63) is 35.4 Å². The van der Waals surface area contributed by atoms with Gasteiger partial charge in [0.05, 0.1) is 6.61 Å². The molecule has 0 spiro atoms. The lowest BCUT2D eigenvalue weighted by Gasteiger charge is -2.21. The van der Waals surface area contributed by atoms with E-state index in [9.17, 15) is 0 Å². The van der Waals surface area contributed by atoms with E-state index in [2.05, 4.69) is 50.4 Å². The standard InChI is InChI=1S/C17H29NO/c1-5-11-18-17(13-14(2)3)16-8-6-15(7-9-16)10-12-19-4/h6-9,14,17-18H,5,10-13H2,1-4H3. The average Bonchev–Trinajstić information content (AvgIpc) is 2.41. The molecule has 0 aliphatic heterocycles. The summed E-state index contributed by atoms with van der Waals surface area (Å²) < 4.78 is 5.12. The molecule has 2 nitrogen and oxygen atoms in total. The van der Waals surface area contributed by atoms with Crippen molar-refractivity contribution in [2.45, 2.75) is 46.1 Å². The predicted octanol–water partition coefficient (Wildman–Crippen LogP) is 3.96. The highest BCUT2D eigenvalue weighted by Crippen LogP contribution is 2.21. The Morgan fingerprint density at radius 3 is 2.37 bits per heavy atom. The van der Waals surface area contributed by atoms with E-state index in [1.165, 1.54) is 24.0 Å². The zero-order valence-corrected chi connectivity index (χ0v) is 12.9. The Morgan fingerprint density at radius 1 is 1.16 bits per heavy atom. The molecule has 1 unspecified atom stereocenters. The highest BCUT2D eigenvalue weighted by atomic mass is 16.5. The smallest absolute Gasteiger partial charge is 0.0502 e. The van der Waals surface area contributed by atoms with Gasteiger partial charge >= 0.3 is 0 Å². The molecule has 0 aromatic heterocycles. The summed E-state index contributed by atoms with van der Waals surface area (Å²) in [7, 11) is 1.75. The van der Waals surface area contributed by atoms with Crippen LogP contribution >= 0.6 is 0 Å². The summed E-state index contributed by atoms with van der Waals surface area (Å²) in [5.41, 5.74) is 2.76. The fourth-order valence-electron chi connectivity index (χ4n) is 2.26. The quantitative estimate of drug-likeness (QED) is 0.728. The van der Waals surface area contributed by atoms with Gasteiger partial charge in [-0.2, -0.15) is 0 Å². The van der Waals surface area contributed by atoms with Crippen LogP contribution in [0, 0.1) is 5.92 Å². The molecule has 0 aliphatic carbocycles. The van der Waals surface area contributed by atoms with Crippen LogP contribution in [0.3, 0.4) is 0 Å². The molecule has 0 fully saturated rings. The van der Waals surface area contributed by atoms with E-state index in [-0.39, 0.29) is 0 Å². The van der Waals surface area contributed by atoms with E-state index in [4.69, 9.17) is 4.74 Å². The molecule has 0 aliphatic rings. The van der Waals surface area contributed by atoms with Crippen molar-refractivity contribution in [1.29, 1.82) is 0 Å². The first-order valence-corrected chi connectivity index (χ1v) is 7.48. The molecule has 0 radical (unpaired) electrons. The second-order valence-corrected chi connectivity index (χ2v) is 5.62. The molecular weight excluding hydrogens is 234 g/mol. The third-order valence-corrected chi connectivity index (χ3v) is 3.32. The van der Waals surface area contributed by atoms with Crippen molar-refractivity contribution in [3.63, 3.8) is 0 Å². The van der Waals surface area contributed by atoms with Gasteiger partial charge in [-0.15, -0.1) is 0 Å². The predicted molar refractivity (Wildman–Crippen MR) is 82.5 cm³/mol. The monoisotopic (exact) mass is 263 g/mol. The molecule has 1 N–H and O–H groups in total. The molecule has 108 valence electrons. The summed E-state index contributed by atoms with van der Waals surface area (Å²) in [5, 5.41) is 3.65. The van der Waals surface area contributed by atoms with Crippen LogP contribution in [-0.4, -0.2) is 20.3 Å². The van der Waals surface area contributed by atoms with Crippen molar-refractivity contribution < 1.29 is 4.74 Å². The van der Waals surface area contributed by atoms with E-state index in [0.29, 0.717) is 12.0 Å². The Bertz CT molecular complexity index is 332. The lowest BCUT2D eigenvalue weighted by atomic mass is 9.96. The van der Waals surface area contributed by atoms with Crippen molar-refractivity contribution in [2.75, 3.05) is 20.3 Å². The average molecular weight is 263 g/mol. The Balaban J connectivity index is 2.66. The molecular formula is C17H29NO. The fraction of sp³-hybridized carbons (Fsp3) is 0.647. The number of benzene rings is 1. The van der Waals surface area contributed by atoms with E-state index in [1.54, 1.807) is 7.11 Å². The lowest BCUT2D eigenvalue weighted by Crippen LogP contribution is -2.23. The van der Waals surface area contributed by atoms with Gasteiger partial charge in [0.1, 0.15) is 0 Å². The van der Waals surface area contributed by atoms with Gasteiger partial charge < -0.3 is 10.1 Å². The minimum atomic E-state index is 0.483. The zero-order chi connectivity index (χ0) is 14.1. The fourth-order valence-corrected chi connectivity index (χ4v) is 2.26. The zero-order valence-electron chi connectivity index (χ0n) is 12.9. The van der Waals surface area contributed by atoms with Crippen LogP contribution in [0.2, 0.25) is 0 Å². The van der Waals surface area contributed by atoms with E-state index < -0.39 is 0 Å². The van der Waals surface area contributed by atoms with Crippen LogP contribution in [0.1, 0.15) is 50.8 Å². The first kappa shape index (κ1) is 16.2. The van der Waals surface area contributed by atoms with E-state index in [0.717, 1.165) is 19.6 Å². The van der Waals surface area contributed by atoms with Crippen LogP contribution in [0.4, 0.5) is 0 Å². The third kappa shape index (κ3) is 6.22. The summed E-state index contributed by atoms with van der Waals surface area (Å²) in [6, 6.07) is 9.47. The van der Waals surface area contributed by atoms with Gasteiger partial charge in [-0.05, 0) is 42.9 Å². The highest BCUT2D eigenvalue weighted by molar-refractivity contribution is 5.25. The molecule has 1 aromatic rings. The SMILES string of the molecule is CCCNC(CC(C)C)c1ccc(CCOC)cc1. The summed E-state index contributed by atoms with van der Waals surface area (Å²) in [6.45, 7) is 8.67. The van der Waals surface area contributed by atoms with E-state index >= 15 is 0 Å². The van der Waals surface area contributed by atoms with Gasteiger partial charge in [0.25, 0.3) is 0 Å². The summed E-state index contributed by atoms with van der Waals surface area (Å²) >= 11 is 0. The largest absolute Gasteiger partial charge is 0.384 e. The van der Waals surface area contributed by atoms with Crippen molar-refractivity contribution in [2.24, 2.45) is 5.92 Å². The van der Waals surface area contributed by atoms with Crippen molar-refractivity contribution in [1.82, 2.24) is 5.32 Å². The number of nitrogens with one attached hydrogen (secondary N) is 1. The Kier molecular flexibility index (Phi) is 7.76. The topological polar surface area (TPSA) is 21.3 Å². The molecule has 1 aromatic carbocycles. The number of hydrogen-bond donors (Lipinski definition) is 1. The maximum Gasteiger partial charge on any atom is 0.0502 e. The second kappa shape index (κ2) is 9.11. The molecule has 2 heteroatoms. The first-order chi connectivity index (χ1) is 9.17. The minimum Gasteiger partial charge on any atom is -0.384 e. The van der Waals surface area contributed by atoms with Crippen LogP contribution in [-0.2, 0) is 11.2 Å². The summed E-state index contributed by atoms with van der Waals surface area (Å²) in [6.07, 6.45) is 3.37. The third-order valence-electron chi connectivity index (χ3n) is 3.32. The van der Waals surface area contributed by atoms with Crippen LogP contribution in [0.25, 0.3) is 0 Å². The Morgan fingerprint density at radius 2 is 1.84 bits per heavy atom. The minimum absolute atomic E-state index is 0.483.